The Morgan fingerprint density at radius 3 is 2.64 bits per heavy atom. The molecular formula is C22H26F2N8O2S2. The van der Waals surface area contributed by atoms with Gasteiger partial charge in [0.05, 0.1) is 23.5 Å². The quantitative estimate of drug-likeness (QED) is 0.492. The predicted molar refractivity (Wildman–Crippen MR) is 130 cm³/mol. The van der Waals surface area contributed by atoms with E-state index in [0.29, 0.717) is 42.1 Å². The fourth-order valence-corrected chi connectivity index (χ4v) is 7.01. The maximum Gasteiger partial charge on any atom is 0.291 e. The van der Waals surface area contributed by atoms with Crippen LogP contribution in [0.2, 0.25) is 0 Å². The van der Waals surface area contributed by atoms with Crippen LogP contribution in [-0.2, 0) is 10.0 Å². The topological polar surface area (TPSA) is 128 Å². The van der Waals surface area contributed by atoms with Gasteiger partial charge in [-0.05, 0) is 39.2 Å². The first kappa shape index (κ1) is 24.9. The van der Waals surface area contributed by atoms with Crippen molar-refractivity contribution in [3.05, 3.63) is 23.5 Å². The third-order valence-electron chi connectivity index (χ3n) is 6.61. The number of hydrogen-bond acceptors (Lipinski definition) is 9. The van der Waals surface area contributed by atoms with Crippen molar-refractivity contribution >= 4 is 32.6 Å². The second-order valence-corrected chi connectivity index (χ2v) is 12.9. The average molecular weight is 537 g/mol. The summed E-state index contributed by atoms with van der Waals surface area (Å²) >= 11 is 0.705. The van der Waals surface area contributed by atoms with Crippen LogP contribution in [0.15, 0.2) is 23.4 Å². The Hall–Kier alpha value is -2.73. The lowest BCUT2D eigenvalue weighted by atomic mass is 9.98. The Morgan fingerprint density at radius 1 is 1.33 bits per heavy atom. The van der Waals surface area contributed by atoms with Crippen LogP contribution >= 0.6 is 11.3 Å². The lowest BCUT2D eigenvalue weighted by Crippen LogP contribution is -2.61. The number of aromatic nitrogens is 4. The third-order valence-corrected chi connectivity index (χ3v) is 9.01. The third kappa shape index (κ3) is 4.34. The maximum absolute atomic E-state index is 13.5. The van der Waals surface area contributed by atoms with Crippen molar-refractivity contribution in [1.29, 1.82) is 5.26 Å². The van der Waals surface area contributed by atoms with E-state index >= 15 is 0 Å². The zero-order valence-corrected chi connectivity index (χ0v) is 21.8. The Balaban J connectivity index is 1.67. The van der Waals surface area contributed by atoms with Crippen molar-refractivity contribution < 1.29 is 17.2 Å². The second kappa shape index (κ2) is 8.41. The number of anilines is 1. The van der Waals surface area contributed by atoms with Crippen LogP contribution < -0.4 is 14.9 Å². The lowest BCUT2D eigenvalue weighted by molar-refractivity contribution is 0.150. The van der Waals surface area contributed by atoms with Gasteiger partial charge < -0.3 is 10.2 Å². The number of fused-ring (bicyclic) bond motifs is 1. The van der Waals surface area contributed by atoms with Gasteiger partial charge in [0.1, 0.15) is 10.4 Å². The number of rotatable bonds is 6. The lowest BCUT2D eigenvalue weighted by Gasteiger charge is -2.44. The summed E-state index contributed by atoms with van der Waals surface area (Å²) in [4.78, 5) is 6.44. The van der Waals surface area contributed by atoms with E-state index in [-0.39, 0.29) is 33.2 Å². The van der Waals surface area contributed by atoms with E-state index in [1.54, 1.807) is 16.7 Å². The van der Waals surface area contributed by atoms with Crippen LogP contribution in [0, 0.1) is 17.2 Å². The molecule has 3 atom stereocenters. The molecule has 0 amide bonds. The normalized spacial score (nSPS) is 25.9. The summed E-state index contributed by atoms with van der Waals surface area (Å²) in [6.45, 7) is 9.20. The molecule has 2 fully saturated rings. The molecule has 2 N–H and O–H groups in total. The van der Waals surface area contributed by atoms with Crippen molar-refractivity contribution in [2.75, 3.05) is 18.0 Å². The molecule has 3 aromatic heterocycles. The van der Waals surface area contributed by atoms with E-state index in [4.69, 9.17) is 0 Å². The fourth-order valence-electron chi connectivity index (χ4n) is 4.88. The second-order valence-electron chi connectivity index (χ2n) is 10.2. The fraction of sp³-hybridized carbons (Fsp3) is 0.545. The summed E-state index contributed by atoms with van der Waals surface area (Å²) in [7, 11) is -4.10. The molecule has 2 aliphatic rings. The van der Waals surface area contributed by atoms with E-state index < -0.39 is 27.0 Å². The van der Waals surface area contributed by atoms with E-state index in [2.05, 4.69) is 50.0 Å². The molecule has 1 aliphatic carbocycles. The molecule has 1 saturated heterocycles. The number of piperazine rings is 1. The van der Waals surface area contributed by atoms with E-state index in [0.717, 1.165) is 0 Å². The maximum atomic E-state index is 13.5. The molecule has 192 valence electrons. The number of nitrogens with one attached hydrogen (secondary N) is 2. The van der Waals surface area contributed by atoms with Gasteiger partial charge in [-0.2, -0.15) is 9.98 Å². The molecular weight excluding hydrogens is 510 g/mol. The van der Waals surface area contributed by atoms with Gasteiger partial charge in [-0.15, -0.1) is 10.2 Å². The molecule has 0 radical (unpaired) electrons. The minimum atomic E-state index is -4.10. The van der Waals surface area contributed by atoms with Crippen molar-refractivity contribution in [2.24, 2.45) is 5.92 Å². The van der Waals surface area contributed by atoms with Gasteiger partial charge >= 0.3 is 0 Å². The number of alkyl halides is 2. The predicted octanol–water partition coefficient (Wildman–Crippen LogP) is 2.95. The van der Waals surface area contributed by atoms with Crippen molar-refractivity contribution in [2.45, 2.75) is 62.6 Å². The number of sulfonamides is 1. The number of nitriles is 1. The highest BCUT2D eigenvalue weighted by atomic mass is 32.2. The Kier molecular flexibility index (Phi) is 5.82. The minimum Gasteiger partial charge on any atom is -0.366 e. The molecule has 1 saturated carbocycles. The molecule has 1 unspecified atom stereocenters. The molecule has 0 spiro atoms. The number of hydrogen-bond donors (Lipinski definition) is 2. The number of nitrogens with zero attached hydrogens (tertiary/aromatic N) is 6. The monoisotopic (exact) mass is 536 g/mol. The summed E-state index contributed by atoms with van der Waals surface area (Å²) in [6, 6.07) is 3.80. The zero-order valence-electron chi connectivity index (χ0n) is 20.2. The highest BCUT2D eigenvalue weighted by Crippen LogP contribution is 2.44. The zero-order chi connectivity index (χ0) is 26.0. The SMILES string of the molecule is CC1CN(c2cc(S(=O)(=O)N[C@@]3(C#N)C[C@H]3C)cn3c(-c4nnc(C(F)F)s4)ncc23)CC(C)(C)N1. The average Bonchev–Trinajstić information content (AvgIpc) is 3.14. The molecule has 14 heteroatoms. The largest absolute Gasteiger partial charge is 0.366 e. The molecule has 5 rings (SSSR count). The molecule has 10 nitrogen and oxygen atoms in total. The highest BCUT2D eigenvalue weighted by molar-refractivity contribution is 7.89. The van der Waals surface area contributed by atoms with Gasteiger partial charge in [-0.3, -0.25) is 4.40 Å². The molecule has 36 heavy (non-hydrogen) atoms. The van der Waals surface area contributed by atoms with Crippen molar-refractivity contribution in [3.8, 4) is 16.9 Å². The van der Waals surface area contributed by atoms with Crippen LogP contribution in [0.4, 0.5) is 14.5 Å². The Morgan fingerprint density at radius 2 is 2.06 bits per heavy atom. The highest BCUT2D eigenvalue weighted by Gasteiger charge is 2.54. The number of imidazole rings is 1. The van der Waals surface area contributed by atoms with Crippen LogP contribution in [0.3, 0.4) is 0 Å². The van der Waals surface area contributed by atoms with Gasteiger partial charge in [-0.25, -0.2) is 22.2 Å². The Bertz CT molecular complexity index is 1480. The van der Waals surface area contributed by atoms with Gasteiger partial charge in [0.15, 0.2) is 15.8 Å². The minimum absolute atomic E-state index is 0.0550. The number of pyridine rings is 1. The molecule has 0 bridgehead atoms. The molecule has 3 aromatic rings. The first-order chi connectivity index (χ1) is 16.8. The van der Waals surface area contributed by atoms with Crippen molar-refractivity contribution in [1.82, 2.24) is 29.6 Å². The first-order valence-electron chi connectivity index (χ1n) is 11.4. The smallest absolute Gasteiger partial charge is 0.291 e. The summed E-state index contributed by atoms with van der Waals surface area (Å²) < 4.78 is 57.4. The number of halogens is 2. The summed E-state index contributed by atoms with van der Waals surface area (Å²) in [5.74, 6) is 0.109. The summed E-state index contributed by atoms with van der Waals surface area (Å²) in [5, 5.41) is 20.2. The molecule has 4 heterocycles. The van der Waals surface area contributed by atoms with Gasteiger partial charge in [0, 0.05) is 30.9 Å². The van der Waals surface area contributed by atoms with Crippen LogP contribution in [0.5, 0.6) is 0 Å². The van der Waals surface area contributed by atoms with Crippen LogP contribution in [0.1, 0.15) is 45.5 Å². The van der Waals surface area contributed by atoms with E-state index in [1.807, 2.05) is 13.8 Å². The standard InChI is InChI=1S/C22H26F2N8O2S2/c1-12-6-22(12,10-25)30-36(33,34)14-5-15(31-8-13(2)27-21(3,4)11-31)16-7-26-18(32(16)9-14)20-29-28-19(35-20)17(23)24/h5,7,9,12-13,17,27,30H,6,8,11H2,1-4H3/t12-,13?,22-/m1/s1. The van der Waals surface area contributed by atoms with Crippen molar-refractivity contribution in [3.63, 3.8) is 0 Å². The summed E-state index contributed by atoms with van der Waals surface area (Å²) in [6.07, 6.45) is 0.628. The molecule has 0 aromatic carbocycles. The van der Waals surface area contributed by atoms with E-state index in [9.17, 15) is 22.5 Å². The first-order valence-corrected chi connectivity index (χ1v) is 13.7. The van der Waals surface area contributed by atoms with Gasteiger partial charge in [0.25, 0.3) is 6.43 Å². The summed E-state index contributed by atoms with van der Waals surface area (Å²) in [5.41, 5.74) is -0.142. The van der Waals surface area contributed by atoms with E-state index in [1.165, 1.54) is 6.20 Å². The van der Waals surface area contributed by atoms with Crippen LogP contribution in [-0.4, -0.2) is 58.2 Å². The van der Waals surface area contributed by atoms with Gasteiger partial charge in [-0.1, -0.05) is 18.3 Å². The van der Waals surface area contributed by atoms with Crippen LogP contribution in [0.25, 0.3) is 16.3 Å². The Labute approximate surface area is 211 Å². The molecule has 1 aliphatic heterocycles. The van der Waals surface area contributed by atoms with Gasteiger partial charge in [0.2, 0.25) is 10.0 Å².